The minimum absolute atomic E-state index is 0.0194. The van der Waals surface area contributed by atoms with Crippen molar-refractivity contribution in [3.8, 4) is 16.9 Å². The van der Waals surface area contributed by atoms with E-state index in [4.69, 9.17) is 45.3 Å². The Kier molecular flexibility index (Phi) is 11.4. The number of carbonyl (C=O) groups is 1. The van der Waals surface area contributed by atoms with E-state index >= 15 is 0 Å². The lowest BCUT2D eigenvalue weighted by Gasteiger charge is -2.39. The van der Waals surface area contributed by atoms with Crippen LogP contribution in [-0.2, 0) is 17.8 Å². The number of benzene rings is 3. The van der Waals surface area contributed by atoms with Crippen LogP contribution in [0.2, 0.25) is 15.1 Å². The second-order valence-corrected chi connectivity index (χ2v) is 12.9. The van der Waals surface area contributed by atoms with E-state index in [1.165, 1.54) is 6.07 Å². The van der Waals surface area contributed by atoms with Gasteiger partial charge in [0.2, 0.25) is 5.91 Å². The van der Waals surface area contributed by atoms with Crippen LogP contribution in [0.4, 0.5) is 4.39 Å². The first-order valence-electron chi connectivity index (χ1n) is 15.4. The number of amides is 1. The standard InChI is InChI=1S/C34H40Cl3FN4O2/c1-2-44-32-5-3-4-31(38)29(32)22-41-16-18-42(19-17-41)34(43)33(39)23-10-13-40(14-11-23)15-12-24-20-25(35)6-8-27(24)28-21-26(36)7-9-30(28)37/h3-9,20-21,23,33H,2,10-19,22,39H2,1H3/t33-/m1/s1. The summed E-state index contributed by atoms with van der Waals surface area (Å²) in [4.78, 5) is 19.8. The number of piperazine rings is 1. The molecule has 3 aromatic rings. The summed E-state index contributed by atoms with van der Waals surface area (Å²) in [7, 11) is 0. The number of carbonyl (C=O) groups excluding carboxylic acids is 1. The van der Waals surface area contributed by atoms with Gasteiger partial charge in [0.1, 0.15) is 11.6 Å². The number of rotatable bonds is 10. The van der Waals surface area contributed by atoms with Gasteiger partial charge >= 0.3 is 0 Å². The summed E-state index contributed by atoms with van der Waals surface area (Å²) < 4.78 is 20.2. The monoisotopic (exact) mass is 660 g/mol. The molecule has 2 saturated heterocycles. The Labute approximate surface area is 274 Å². The Morgan fingerprint density at radius 1 is 0.932 bits per heavy atom. The van der Waals surface area contributed by atoms with Crippen LogP contribution < -0.4 is 10.5 Å². The number of piperidine rings is 1. The predicted molar refractivity (Wildman–Crippen MR) is 177 cm³/mol. The quantitative estimate of drug-likeness (QED) is 0.260. The van der Waals surface area contributed by atoms with Crippen molar-refractivity contribution in [3.05, 3.63) is 86.6 Å². The third-order valence-corrected chi connectivity index (χ3v) is 9.65. The average molecular weight is 662 g/mol. The van der Waals surface area contributed by atoms with Crippen molar-refractivity contribution in [2.24, 2.45) is 11.7 Å². The first-order chi connectivity index (χ1) is 21.2. The number of nitrogens with zero attached hydrogens (tertiary/aromatic N) is 3. The van der Waals surface area contributed by atoms with Gasteiger partial charge in [-0.25, -0.2) is 4.39 Å². The predicted octanol–water partition coefficient (Wildman–Crippen LogP) is 6.78. The molecule has 0 aromatic heterocycles. The summed E-state index contributed by atoms with van der Waals surface area (Å²) in [5.74, 6) is 0.487. The van der Waals surface area contributed by atoms with Crippen LogP contribution in [0.1, 0.15) is 30.9 Å². The molecule has 6 nitrogen and oxygen atoms in total. The molecular formula is C34H40Cl3FN4O2. The zero-order valence-electron chi connectivity index (χ0n) is 25.1. The lowest BCUT2D eigenvalue weighted by molar-refractivity contribution is -0.136. The van der Waals surface area contributed by atoms with Crippen LogP contribution in [0.5, 0.6) is 5.75 Å². The van der Waals surface area contributed by atoms with Gasteiger partial charge in [0.15, 0.2) is 0 Å². The number of hydrogen-bond acceptors (Lipinski definition) is 5. The first kappa shape index (κ1) is 33.0. The molecule has 0 saturated carbocycles. The second-order valence-electron chi connectivity index (χ2n) is 11.6. The van der Waals surface area contributed by atoms with Crippen molar-refractivity contribution in [1.82, 2.24) is 14.7 Å². The number of nitrogens with two attached hydrogens (primary N) is 1. The molecule has 2 heterocycles. The van der Waals surface area contributed by atoms with Gasteiger partial charge in [-0.15, -0.1) is 0 Å². The Bertz CT molecular complexity index is 1440. The smallest absolute Gasteiger partial charge is 0.239 e. The summed E-state index contributed by atoms with van der Waals surface area (Å²) in [6.45, 7) is 7.99. The molecule has 0 radical (unpaired) electrons. The molecule has 1 atom stereocenters. The molecule has 2 aliphatic heterocycles. The maximum absolute atomic E-state index is 14.5. The highest BCUT2D eigenvalue weighted by Crippen LogP contribution is 2.35. The lowest BCUT2D eigenvalue weighted by Crippen LogP contribution is -2.55. The molecule has 3 aromatic carbocycles. The highest BCUT2D eigenvalue weighted by molar-refractivity contribution is 6.35. The minimum Gasteiger partial charge on any atom is -0.493 e. The fourth-order valence-electron chi connectivity index (χ4n) is 6.30. The zero-order chi connectivity index (χ0) is 31.2. The largest absolute Gasteiger partial charge is 0.493 e. The number of ether oxygens (including phenoxy) is 1. The minimum atomic E-state index is -0.510. The van der Waals surface area contributed by atoms with Crippen molar-refractivity contribution in [2.75, 3.05) is 52.4 Å². The highest BCUT2D eigenvalue weighted by Gasteiger charge is 2.33. The molecule has 2 aliphatic rings. The van der Waals surface area contributed by atoms with E-state index in [0.717, 1.165) is 55.6 Å². The molecule has 0 bridgehead atoms. The summed E-state index contributed by atoms with van der Waals surface area (Å²) in [6, 6.07) is 15.8. The Morgan fingerprint density at radius 3 is 2.36 bits per heavy atom. The van der Waals surface area contributed by atoms with Gasteiger partial charge < -0.3 is 20.3 Å². The van der Waals surface area contributed by atoms with Gasteiger partial charge in [-0.2, -0.15) is 0 Å². The first-order valence-corrected chi connectivity index (χ1v) is 16.5. The molecular weight excluding hydrogens is 622 g/mol. The number of halogens is 4. The van der Waals surface area contributed by atoms with Crippen molar-refractivity contribution in [1.29, 1.82) is 0 Å². The third kappa shape index (κ3) is 8.06. The molecule has 2 N–H and O–H groups in total. The maximum Gasteiger partial charge on any atom is 0.239 e. The van der Waals surface area contributed by atoms with Crippen LogP contribution >= 0.6 is 34.8 Å². The van der Waals surface area contributed by atoms with Gasteiger partial charge in [-0.1, -0.05) is 46.9 Å². The molecule has 236 valence electrons. The van der Waals surface area contributed by atoms with E-state index in [0.29, 0.717) is 65.7 Å². The van der Waals surface area contributed by atoms with E-state index in [1.807, 2.05) is 42.2 Å². The number of hydrogen-bond donors (Lipinski definition) is 1. The van der Waals surface area contributed by atoms with Gasteiger partial charge in [0.05, 0.1) is 12.6 Å². The summed E-state index contributed by atoms with van der Waals surface area (Å²) in [5, 5.41) is 1.98. The Hall–Kier alpha value is -2.39. The fraction of sp³-hybridized carbons (Fsp3) is 0.441. The maximum atomic E-state index is 14.5. The van der Waals surface area contributed by atoms with E-state index in [2.05, 4.69) is 9.80 Å². The lowest BCUT2D eigenvalue weighted by atomic mass is 9.88. The van der Waals surface area contributed by atoms with Crippen LogP contribution in [0.25, 0.3) is 11.1 Å². The summed E-state index contributed by atoms with van der Waals surface area (Å²) >= 11 is 19.1. The Balaban J connectivity index is 1.10. The molecule has 1 amide bonds. The van der Waals surface area contributed by atoms with Crippen molar-refractivity contribution in [3.63, 3.8) is 0 Å². The van der Waals surface area contributed by atoms with E-state index < -0.39 is 6.04 Å². The average Bonchev–Trinajstić information content (AvgIpc) is 3.03. The Morgan fingerprint density at radius 2 is 1.64 bits per heavy atom. The molecule has 10 heteroatoms. The van der Waals surface area contributed by atoms with Crippen LogP contribution in [-0.4, -0.2) is 79.1 Å². The highest BCUT2D eigenvalue weighted by atomic mass is 35.5. The SMILES string of the molecule is CCOc1cccc(F)c1CN1CCN(C(=O)[C@H](N)C2CCN(CCc3cc(Cl)ccc3-c3cc(Cl)ccc3Cl)CC2)CC1. The third-order valence-electron chi connectivity index (χ3n) is 8.85. The van der Waals surface area contributed by atoms with E-state index in [1.54, 1.807) is 18.2 Å². The summed E-state index contributed by atoms with van der Waals surface area (Å²) in [6.07, 6.45) is 2.57. The molecule has 2 fully saturated rings. The molecule has 5 rings (SSSR count). The molecule has 0 spiro atoms. The normalized spacial score (nSPS) is 17.5. The van der Waals surface area contributed by atoms with E-state index in [9.17, 15) is 9.18 Å². The van der Waals surface area contributed by atoms with E-state index in [-0.39, 0.29) is 17.6 Å². The van der Waals surface area contributed by atoms with Crippen molar-refractivity contribution in [2.45, 2.75) is 38.8 Å². The van der Waals surface area contributed by atoms with Crippen LogP contribution in [0.15, 0.2) is 54.6 Å². The van der Waals surface area contributed by atoms with Crippen molar-refractivity contribution >= 4 is 40.7 Å². The molecule has 0 unspecified atom stereocenters. The molecule has 44 heavy (non-hydrogen) atoms. The second kappa shape index (κ2) is 15.3. The van der Waals surface area contributed by atoms with Gasteiger partial charge in [0.25, 0.3) is 0 Å². The zero-order valence-corrected chi connectivity index (χ0v) is 27.4. The van der Waals surface area contributed by atoms with Crippen LogP contribution in [0, 0.1) is 11.7 Å². The van der Waals surface area contributed by atoms with Gasteiger partial charge in [-0.05, 0) is 98.8 Å². The fourth-order valence-corrected chi connectivity index (χ4v) is 6.88. The van der Waals surface area contributed by atoms with Gasteiger partial charge in [-0.3, -0.25) is 9.69 Å². The molecule has 0 aliphatic carbocycles. The summed E-state index contributed by atoms with van der Waals surface area (Å²) in [5.41, 5.74) is 10.2. The number of likely N-dealkylation sites (tertiary alicyclic amines) is 1. The van der Waals surface area contributed by atoms with Gasteiger partial charge in [0, 0.05) is 65.5 Å². The van der Waals surface area contributed by atoms with Crippen molar-refractivity contribution < 1.29 is 13.9 Å². The topological polar surface area (TPSA) is 62.0 Å². The van der Waals surface area contributed by atoms with Crippen LogP contribution in [0.3, 0.4) is 0 Å².